The molecule has 14 heavy (non-hydrogen) atoms. The van der Waals surface area contributed by atoms with Gasteiger partial charge in [0, 0.05) is 28.6 Å². The van der Waals surface area contributed by atoms with Gasteiger partial charge in [-0.3, -0.25) is 4.79 Å². The van der Waals surface area contributed by atoms with Gasteiger partial charge in [-0.05, 0) is 46.9 Å². The first-order valence-corrected chi connectivity index (χ1v) is 5.83. The fraction of sp³-hybridized carbons (Fsp3) is 0.300. The molecule has 0 saturated carbocycles. The number of amides is 1. The molecule has 0 spiro atoms. The van der Waals surface area contributed by atoms with Crippen molar-refractivity contribution in [3.63, 3.8) is 0 Å². The molecule has 0 aromatic heterocycles. The summed E-state index contributed by atoms with van der Waals surface area (Å²) < 4.78 is 1.12. The van der Waals surface area contributed by atoms with Crippen molar-refractivity contribution in [3.8, 4) is 0 Å². The van der Waals surface area contributed by atoms with Crippen LogP contribution in [0.4, 0.5) is 0 Å². The molecular weight excluding hydrogens is 312 g/mol. The number of rotatable bonds is 3. The largest absolute Gasteiger partial charge is 0.341 e. The quantitative estimate of drug-likeness (QED) is 0.618. The van der Waals surface area contributed by atoms with E-state index in [1.165, 1.54) is 0 Å². The summed E-state index contributed by atoms with van der Waals surface area (Å²) in [4.78, 5) is 13.3. The molecule has 0 heterocycles. The molecule has 1 aromatic rings. The van der Waals surface area contributed by atoms with Gasteiger partial charge >= 0.3 is 0 Å². The number of benzene rings is 1. The minimum atomic E-state index is 0.0158. The Labute approximate surface area is 102 Å². The molecule has 1 rings (SSSR count). The number of hydrogen-bond donors (Lipinski definition) is 0. The van der Waals surface area contributed by atoms with Crippen LogP contribution in [0.15, 0.2) is 24.3 Å². The van der Waals surface area contributed by atoms with Gasteiger partial charge in [0.05, 0.1) is 0 Å². The average molecular weight is 324 g/mol. The molecule has 2 nitrogen and oxygen atoms in total. The molecular formula is C10H11ClINO. The summed E-state index contributed by atoms with van der Waals surface area (Å²) in [5, 5.41) is 0. The number of hydrogen-bond acceptors (Lipinski definition) is 1. The van der Waals surface area contributed by atoms with Crippen molar-refractivity contribution in [3.05, 3.63) is 33.4 Å². The maximum Gasteiger partial charge on any atom is 0.253 e. The topological polar surface area (TPSA) is 20.3 Å². The van der Waals surface area contributed by atoms with Gasteiger partial charge in [0.1, 0.15) is 0 Å². The van der Waals surface area contributed by atoms with E-state index in [1.807, 2.05) is 24.3 Å². The van der Waals surface area contributed by atoms with E-state index < -0.39 is 0 Å². The summed E-state index contributed by atoms with van der Waals surface area (Å²) in [6.45, 7) is 0.576. The Hall–Kier alpha value is -0.290. The lowest BCUT2D eigenvalue weighted by atomic mass is 10.2. The minimum Gasteiger partial charge on any atom is -0.341 e. The fourth-order valence-electron chi connectivity index (χ4n) is 1.04. The Morgan fingerprint density at radius 2 is 2.00 bits per heavy atom. The third-order valence-corrected chi connectivity index (χ3v) is 2.75. The Morgan fingerprint density at radius 3 is 2.50 bits per heavy atom. The highest BCUT2D eigenvalue weighted by molar-refractivity contribution is 14.1. The highest BCUT2D eigenvalue weighted by Crippen LogP contribution is 2.08. The second-order valence-corrected chi connectivity index (χ2v) is 4.55. The molecule has 0 saturated heterocycles. The lowest BCUT2D eigenvalue weighted by Gasteiger charge is -2.15. The number of carbonyl (C=O) groups excluding carboxylic acids is 1. The maximum atomic E-state index is 11.7. The van der Waals surface area contributed by atoms with Gasteiger partial charge in [-0.1, -0.05) is 0 Å². The molecule has 0 radical (unpaired) electrons. The van der Waals surface area contributed by atoms with E-state index in [0.29, 0.717) is 18.0 Å². The molecule has 0 N–H and O–H groups in total. The van der Waals surface area contributed by atoms with Gasteiger partial charge in [-0.2, -0.15) is 0 Å². The third kappa shape index (κ3) is 3.13. The average Bonchev–Trinajstić information content (AvgIpc) is 2.18. The monoisotopic (exact) mass is 323 g/mol. The van der Waals surface area contributed by atoms with Crippen LogP contribution in [0.5, 0.6) is 0 Å². The van der Waals surface area contributed by atoms with Crippen molar-refractivity contribution < 1.29 is 4.79 Å². The first-order valence-electron chi connectivity index (χ1n) is 4.22. The smallest absolute Gasteiger partial charge is 0.253 e. The first kappa shape index (κ1) is 11.8. The standard InChI is InChI=1S/C10H11ClINO/c1-13(7-6-11)10(14)8-2-4-9(12)5-3-8/h2-5H,6-7H2,1H3. The molecule has 76 valence electrons. The van der Waals surface area contributed by atoms with Crippen molar-refractivity contribution in [2.24, 2.45) is 0 Å². The normalized spacial score (nSPS) is 9.93. The van der Waals surface area contributed by atoms with Crippen LogP contribution in [0.1, 0.15) is 10.4 Å². The van der Waals surface area contributed by atoms with Crippen LogP contribution in [0.3, 0.4) is 0 Å². The maximum absolute atomic E-state index is 11.7. The van der Waals surface area contributed by atoms with Gasteiger partial charge in [-0.25, -0.2) is 0 Å². The van der Waals surface area contributed by atoms with E-state index in [4.69, 9.17) is 11.6 Å². The molecule has 0 bridgehead atoms. The SMILES string of the molecule is CN(CCCl)C(=O)c1ccc(I)cc1. The van der Waals surface area contributed by atoms with E-state index in [1.54, 1.807) is 11.9 Å². The number of carbonyl (C=O) groups is 1. The third-order valence-electron chi connectivity index (χ3n) is 1.86. The van der Waals surface area contributed by atoms with Gasteiger partial charge in [0.15, 0.2) is 0 Å². The zero-order chi connectivity index (χ0) is 10.6. The molecule has 1 amide bonds. The predicted molar refractivity (Wildman–Crippen MR) is 66.8 cm³/mol. The van der Waals surface area contributed by atoms with Crippen molar-refractivity contribution in [1.82, 2.24) is 4.90 Å². The van der Waals surface area contributed by atoms with E-state index in [-0.39, 0.29) is 5.91 Å². The summed E-state index contributed by atoms with van der Waals surface area (Å²) in [7, 11) is 1.75. The zero-order valence-electron chi connectivity index (χ0n) is 7.84. The summed E-state index contributed by atoms with van der Waals surface area (Å²) in [5.74, 6) is 0.481. The Kier molecular flexibility index (Phi) is 4.68. The lowest BCUT2D eigenvalue weighted by molar-refractivity contribution is 0.0803. The number of halogens is 2. The summed E-state index contributed by atoms with van der Waals surface area (Å²) in [5.41, 5.74) is 0.707. The van der Waals surface area contributed by atoms with Gasteiger partial charge < -0.3 is 4.90 Å². The molecule has 0 aliphatic carbocycles. The second-order valence-electron chi connectivity index (χ2n) is 2.92. The molecule has 0 aliphatic rings. The summed E-state index contributed by atoms with van der Waals surface area (Å²) >= 11 is 7.77. The highest BCUT2D eigenvalue weighted by atomic mass is 127. The Balaban J connectivity index is 2.74. The molecule has 0 unspecified atom stereocenters. The van der Waals surface area contributed by atoms with Crippen LogP contribution in [0, 0.1) is 3.57 Å². The van der Waals surface area contributed by atoms with E-state index in [9.17, 15) is 4.79 Å². The van der Waals surface area contributed by atoms with Crippen molar-refractivity contribution >= 4 is 40.1 Å². The van der Waals surface area contributed by atoms with Crippen molar-refractivity contribution in [1.29, 1.82) is 0 Å². The molecule has 0 atom stereocenters. The van der Waals surface area contributed by atoms with Crippen LogP contribution in [0.2, 0.25) is 0 Å². The minimum absolute atomic E-state index is 0.0158. The summed E-state index contributed by atoms with van der Waals surface area (Å²) in [6.07, 6.45) is 0. The van der Waals surface area contributed by atoms with Crippen LogP contribution >= 0.6 is 34.2 Å². The molecule has 1 aromatic carbocycles. The lowest BCUT2D eigenvalue weighted by Crippen LogP contribution is -2.28. The van der Waals surface area contributed by atoms with E-state index >= 15 is 0 Å². The molecule has 0 aliphatic heterocycles. The Morgan fingerprint density at radius 1 is 1.43 bits per heavy atom. The number of alkyl halides is 1. The molecule has 4 heteroatoms. The van der Waals surface area contributed by atoms with Gasteiger partial charge in [0.25, 0.3) is 5.91 Å². The first-order chi connectivity index (χ1) is 6.65. The second kappa shape index (κ2) is 5.56. The predicted octanol–water partition coefficient (Wildman–Crippen LogP) is 2.60. The van der Waals surface area contributed by atoms with Crippen LogP contribution < -0.4 is 0 Å². The number of nitrogens with zero attached hydrogens (tertiary/aromatic N) is 1. The van der Waals surface area contributed by atoms with Crippen LogP contribution in [0.25, 0.3) is 0 Å². The van der Waals surface area contributed by atoms with Gasteiger partial charge in [0.2, 0.25) is 0 Å². The van der Waals surface area contributed by atoms with E-state index in [2.05, 4.69) is 22.6 Å². The van der Waals surface area contributed by atoms with Crippen LogP contribution in [-0.4, -0.2) is 30.3 Å². The van der Waals surface area contributed by atoms with Crippen LogP contribution in [-0.2, 0) is 0 Å². The molecule has 0 fully saturated rings. The fourth-order valence-corrected chi connectivity index (χ4v) is 1.65. The van der Waals surface area contributed by atoms with Crippen molar-refractivity contribution in [2.45, 2.75) is 0 Å². The summed E-state index contributed by atoms with van der Waals surface area (Å²) in [6, 6.07) is 7.49. The van der Waals surface area contributed by atoms with Gasteiger partial charge in [-0.15, -0.1) is 11.6 Å². The van der Waals surface area contributed by atoms with E-state index in [0.717, 1.165) is 3.57 Å². The van der Waals surface area contributed by atoms with Crippen molar-refractivity contribution in [2.75, 3.05) is 19.5 Å². The Bertz CT molecular complexity index is 312. The zero-order valence-corrected chi connectivity index (χ0v) is 10.7. The highest BCUT2D eigenvalue weighted by Gasteiger charge is 2.09.